The van der Waals surface area contributed by atoms with Gasteiger partial charge in [0.2, 0.25) is 0 Å². The molecule has 0 aliphatic carbocycles. The number of hydrogen-bond acceptors (Lipinski definition) is 6. The highest BCUT2D eigenvalue weighted by Gasteiger charge is 2.27. The summed E-state index contributed by atoms with van der Waals surface area (Å²) in [6.45, 7) is 2.16. The minimum atomic E-state index is -0.721. The Morgan fingerprint density at radius 3 is 2.71 bits per heavy atom. The van der Waals surface area contributed by atoms with Crippen LogP contribution >= 0.6 is 0 Å². The highest BCUT2D eigenvalue weighted by molar-refractivity contribution is 6.06. The molecule has 0 amide bonds. The molecule has 3 aromatic carbocycles. The Bertz CT molecular complexity index is 1350. The molecule has 0 bridgehead atoms. The lowest BCUT2D eigenvalue weighted by atomic mass is 9.95. The van der Waals surface area contributed by atoms with Crippen molar-refractivity contribution in [2.75, 3.05) is 38.8 Å². The fraction of sp³-hybridized carbons (Fsp3) is 0.333. The number of fused-ring (bicyclic) bond motifs is 3. The molecular weight excluding hydrogens is 430 g/mol. The van der Waals surface area contributed by atoms with Crippen LogP contribution in [0.2, 0.25) is 0 Å². The van der Waals surface area contributed by atoms with Gasteiger partial charge in [0.05, 0.1) is 42.6 Å². The Hall–Kier alpha value is -3.26. The van der Waals surface area contributed by atoms with Crippen LogP contribution in [0.25, 0.3) is 21.7 Å². The van der Waals surface area contributed by atoms with Gasteiger partial charge in [0.1, 0.15) is 0 Å². The molecule has 2 heterocycles. The third-order valence-corrected chi connectivity index (χ3v) is 6.51. The molecule has 1 saturated heterocycles. The molecule has 2 atom stereocenters. The first-order valence-electron chi connectivity index (χ1n) is 11.6. The van der Waals surface area contributed by atoms with Crippen molar-refractivity contribution in [3.05, 3.63) is 82.4 Å². The van der Waals surface area contributed by atoms with Crippen LogP contribution in [0.4, 0.5) is 5.69 Å². The molecule has 34 heavy (non-hydrogen) atoms. The Morgan fingerprint density at radius 2 is 1.94 bits per heavy atom. The number of nitrogens with zero attached hydrogens (tertiary/aromatic N) is 2. The zero-order chi connectivity index (χ0) is 23.5. The average molecular weight is 460 g/mol. The molecule has 0 radical (unpaired) electrons. The van der Waals surface area contributed by atoms with Gasteiger partial charge in [0.25, 0.3) is 5.56 Å². The van der Waals surface area contributed by atoms with Crippen LogP contribution in [0.3, 0.4) is 0 Å². The van der Waals surface area contributed by atoms with Crippen molar-refractivity contribution < 1.29 is 14.6 Å². The van der Waals surface area contributed by atoms with E-state index in [1.165, 1.54) is 0 Å². The molecule has 0 unspecified atom stereocenters. The van der Waals surface area contributed by atoms with E-state index in [2.05, 4.69) is 40.6 Å². The Kier molecular flexibility index (Phi) is 6.58. The van der Waals surface area contributed by atoms with Crippen molar-refractivity contribution in [2.45, 2.75) is 25.0 Å². The Balaban J connectivity index is 1.54. The standard InChI is InChI=1S/C27H29N3O4/c1-33-13-11-28-20-8-6-18(7-9-20)14-19-15-23-26(22-5-3-2-4-21(19)22)29-17-30(27(23)32)24-10-12-34-16-25(24)31/h2-9,15,17,24-25,28,31H,10-14,16H2,1H3/t24-,25-/m0/s1. The lowest BCUT2D eigenvalue weighted by Crippen LogP contribution is -2.39. The maximum absolute atomic E-state index is 13.5. The van der Waals surface area contributed by atoms with E-state index >= 15 is 0 Å². The van der Waals surface area contributed by atoms with Gasteiger partial charge in [0, 0.05) is 31.3 Å². The van der Waals surface area contributed by atoms with E-state index in [4.69, 9.17) is 9.47 Å². The molecular formula is C27H29N3O4. The fourth-order valence-electron chi connectivity index (χ4n) is 4.73. The van der Waals surface area contributed by atoms with Gasteiger partial charge < -0.3 is 19.9 Å². The highest BCUT2D eigenvalue weighted by Crippen LogP contribution is 2.29. The van der Waals surface area contributed by atoms with E-state index in [0.717, 1.165) is 34.1 Å². The van der Waals surface area contributed by atoms with Crippen LogP contribution in [0.5, 0.6) is 0 Å². The van der Waals surface area contributed by atoms with E-state index in [-0.39, 0.29) is 18.2 Å². The largest absolute Gasteiger partial charge is 0.389 e. The van der Waals surface area contributed by atoms with Crippen LogP contribution < -0.4 is 10.9 Å². The third-order valence-electron chi connectivity index (χ3n) is 6.51. The Labute approximate surface area is 198 Å². The minimum Gasteiger partial charge on any atom is -0.389 e. The molecule has 1 aliphatic heterocycles. The zero-order valence-corrected chi connectivity index (χ0v) is 19.2. The van der Waals surface area contributed by atoms with E-state index in [9.17, 15) is 9.90 Å². The molecule has 7 heteroatoms. The minimum absolute atomic E-state index is 0.124. The van der Waals surface area contributed by atoms with E-state index in [1.54, 1.807) is 18.0 Å². The molecule has 176 valence electrons. The van der Waals surface area contributed by atoms with Crippen LogP contribution in [0.1, 0.15) is 23.6 Å². The van der Waals surface area contributed by atoms with E-state index in [1.807, 2.05) is 24.3 Å². The molecule has 1 aliphatic rings. The molecule has 2 N–H and O–H groups in total. The number of ether oxygens (including phenoxy) is 2. The van der Waals surface area contributed by atoms with Crippen molar-refractivity contribution in [1.82, 2.24) is 9.55 Å². The normalized spacial score (nSPS) is 18.4. The van der Waals surface area contributed by atoms with Gasteiger partial charge in [-0.05, 0) is 47.6 Å². The van der Waals surface area contributed by atoms with Gasteiger partial charge in [-0.3, -0.25) is 9.36 Å². The first-order chi connectivity index (χ1) is 16.7. The summed E-state index contributed by atoms with van der Waals surface area (Å²) in [6, 6.07) is 18.1. The summed E-state index contributed by atoms with van der Waals surface area (Å²) in [5.41, 5.74) is 3.85. The maximum atomic E-state index is 13.5. The maximum Gasteiger partial charge on any atom is 0.261 e. The molecule has 0 saturated carbocycles. The second-order valence-electron chi connectivity index (χ2n) is 8.73. The van der Waals surface area contributed by atoms with Crippen molar-refractivity contribution in [3.8, 4) is 0 Å². The van der Waals surface area contributed by atoms with Crippen molar-refractivity contribution in [1.29, 1.82) is 0 Å². The van der Waals surface area contributed by atoms with Crippen LogP contribution in [0, 0.1) is 0 Å². The van der Waals surface area contributed by atoms with Crippen LogP contribution in [0.15, 0.2) is 65.7 Å². The summed E-state index contributed by atoms with van der Waals surface area (Å²) in [6.07, 6.45) is 2.13. The van der Waals surface area contributed by atoms with E-state index < -0.39 is 6.10 Å². The summed E-state index contributed by atoms with van der Waals surface area (Å²) in [7, 11) is 1.69. The van der Waals surface area contributed by atoms with Gasteiger partial charge in [0.15, 0.2) is 0 Å². The highest BCUT2D eigenvalue weighted by atomic mass is 16.5. The number of hydrogen-bond donors (Lipinski definition) is 2. The molecule has 1 fully saturated rings. The molecule has 1 aromatic heterocycles. The van der Waals surface area contributed by atoms with Gasteiger partial charge in [-0.25, -0.2) is 4.98 Å². The van der Waals surface area contributed by atoms with Crippen molar-refractivity contribution in [3.63, 3.8) is 0 Å². The van der Waals surface area contributed by atoms with Crippen LogP contribution in [-0.2, 0) is 15.9 Å². The number of rotatable bonds is 7. The number of benzene rings is 3. The SMILES string of the molecule is COCCNc1ccc(Cc2cc3c(=O)n([C@H]4CCOC[C@@H]4O)cnc3c3ccccc23)cc1. The van der Waals surface area contributed by atoms with Crippen molar-refractivity contribution in [2.24, 2.45) is 0 Å². The lowest BCUT2D eigenvalue weighted by molar-refractivity contribution is -0.0395. The quantitative estimate of drug-likeness (QED) is 0.325. The summed E-state index contributed by atoms with van der Waals surface area (Å²) < 4.78 is 12.0. The monoisotopic (exact) mass is 459 g/mol. The van der Waals surface area contributed by atoms with Crippen LogP contribution in [-0.4, -0.2) is 54.2 Å². The first-order valence-corrected chi connectivity index (χ1v) is 11.6. The second-order valence-corrected chi connectivity index (χ2v) is 8.73. The smallest absolute Gasteiger partial charge is 0.261 e. The second kappa shape index (κ2) is 9.93. The summed E-state index contributed by atoms with van der Waals surface area (Å²) >= 11 is 0. The zero-order valence-electron chi connectivity index (χ0n) is 19.2. The average Bonchev–Trinajstić information content (AvgIpc) is 2.86. The number of aromatic nitrogens is 2. The van der Waals surface area contributed by atoms with E-state index in [0.29, 0.717) is 37.0 Å². The molecule has 7 nitrogen and oxygen atoms in total. The topological polar surface area (TPSA) is 85.6 Å². The lowest BCUT2D eigenvalue weighted by Gasteiger charge is -2.29. The first kappa shape index (κ1) is 22.5. The van der Waals surface area contributed by atoms with Gasteiger partial charge >= 0.3 is 0 Å². The van der Waals surface area contributed by atoms with Crippen molar-refractivity contribution >= 4 is 27.4 Å². The predicted molar refractivity (Wildman–Crippen MR) is 134 cm³/mol. The molecule has 5 rings (SSSR count). The predicted octanol–water partition coefficient (Wildman–Crippen LogP) is 3.52. The number of nitrogens with one attached hydrogen (secondary N) is 1. The third kappa shape index (κ3) is 4.42. The number of methoxy groups -OCH3 is 1. The van der Waals surface area contributed by atoms with Gasteiger partial charge in [-0.1, -0.05) is 36.4 Å². The number of anilines is 1. The number of aliphatic hydroxyl groups is 1. The molecule has 0 spiro atoms. The molecule has 4 aromatic rings. The summed E-state index contributed by atoms with van der Waals surface area (Å²) in [4.78, 5) is 18.2. The van der Waals surface area contributed by atoms with Gasteiger partial charge in [-0.2, -0.15) is 0 Å². The summed E-state index contributed by atoms with van der Waals surface area (Å²) in [5.74, 6) is 0. The van der Waals surface area contributed by atoms with Gasteiger partial charge in [-0.15, -0.1) is 0 Å². The summed E-state index contributed by atoms with van der Waals surface area (Å²) in [5, 5.41) is 16.4. The fourth-order valence-corrected chi connectivity index (χ4v) is 4.73. The Morgan fingerprint density at radius 1 is 1.15 bits per heavy atom. The number of aliphatic hydroxyl groups excluding tert-OH is 1.